The Morgan fingerprint density at radius 1 is 1.10 bits per heavy atom. The van der Waals surface area contributed by atoms with E-state index in [9.17, 15) is 4.79 Å². The van der Waals surface area contributed by atoms with Crippen molar-refractivity contribution in [1.82, 2.24) is 15.5 Å². The summed E-state index contributed by atoms with van der Waals surface area (Å²) in [6, 6.07) is 12.3. The maximum atomic E-state index is 11.4. The lowest BCUT2D eigenvalue weighted by Gasteiger charge is -2.12. The normalized spacial score (nSPS) is 13.8. The third kappa shape index (κ3) is 2.47. The Balaban J connectivity index is 1.66. The standard InChI is InChI=1S/C15H16N4O/c1-16-15(20)13-6-7-14(19-18-13)17-12-8-10-4-2-3-5-11(10)9-12/h2-7,12H,8-9H2,1H3,(H,16,20)(H,17,19). The van der Waals surface area contributed by atoms with Crippen LogP contribution in [0.15, 0.2) is 36.4 Å². The van der Waals surface area contributed by atoms with Crippen LogP contribution in [0.1, 0.15) is 21.6 Å². The summed E-state index contributed by atoms with van der Waals surface area (Å²) in [4.78, 5) is 11.4. The van der Waals surface area contributed by atoms with Crippen molar-refractivity contribution in [2.75, 3.05) is 12.4 Å². The molecular formula is C15H16N4O. The summed E-state index contributed by atoms with van der Waals surface area (Å²) >= 11 is 0. The molecule has 2 N–H and O–H groups in total. The van der Waals surface area contributed by atoms with E-state index >= 15 is 0 Å². The first kappa shape index (κ1) is 12.6. The fourth-order valence-corrected chi connectivity index (χ4v) is 2.53. The Bertz CT molecular complexity index is 599. The van der Waals surface area contributed by atoms with Crippen molar-refractivity contribution < 1.29 is 4.79 Å². The lowest BCUT2D eigenvalue weighted by Crippen LogP contribution is -2.22. The molecule has 5 nitrogen and oxygen atoms in total. The highest BCUT2D eigenvalue weighted by Crippen LogP contribution is 2.23. The van der Waals surface area contributed by atoms with Gasteiger partial charge in [0.2, 0.25) is 0 Å². The molecule has 0 unspecified atom stereocenters. The van der Waals surface area contributed by atoms with Gasteiger partial charge in [-0.15, -0.1) is 10.2 Å². The Labute approximate surface area is 117 Å². The number of carbonyl (C=O) groups is 1. The molecule has 0 radical (unpaired) electrons. The summed E-state index contributed by atoms with van der Waals surface area (Å²) in [7, 11) is 1.58. The molecule has 3 rings (SSSR count). The van der Waals surface area contributed by atoms with E-state index in [4.69, 9.17) is 0 Å². The van der Waals surface area contributed by atoms with Crippen LogP contribution in [0.4, 0.5) is 5.82 Å². The predicted octanol–water partition coefficient (Wildman–Crippen LogP) is 1.42. The third-order valence-corrected chi connectivity index (χ3v) is 3.53. The smallest absolute Gasteiger partial charge is 0.271 e. The number of anilines is 1. The molecule has 2 aromatic rings. The van der Waals surface area contributed by atoms with Crippen molar-refractivity contribution in [1.29, 1.82) is 0 Å². The maximum Gasteiger partial charge on any atom is 0.271 e. The van der Waals surface area contributed by atoms with Crippen LogP contribution in [0.5, 0.6) is 0 Å². The van der Waals surface area contributed by atoms with Gasteiger partial charge in [0.1, 0.15) is 5.82 Å². The second kappa shape index (κ2) is 5.28. The van der Waals surface area contributed by atoms with Crippen molar-refractivity contribution >= 4 is 11.7 Å². The number of nitrogens with zero attached hydrogens (tertiary/aromatic N) is 2. The highest BCUT2D eigenvalue weighted by atomic mass is 16.1. The molecule has 0 saturated heterocycles. The van der Waals surface area contributed by atoms with Crippen LogP contribution < -0.4 is 10.6 Å². The molecule has 0 bridgehead atoms. The predicted molar refractivity (Wildman–Crippen MR) is 76.7 cm³/mol. The van der Waals surface area contributed by atoms with Gasteiger partial charge in [-0.2, -0.15) is 0 Å². The number of rotatable bonds is 3. The quantitative estimate of drug-likeness (QED) is 0.883. The first-order valence-electron chi connectivity index (χ1n) is 6.65. The Hall–Kier alpha value is -2.43. The van der Waals surface area contributed by atoms with Gasteiger partial charge in [0.15, 0.2) is 5.69 Å². The molecule has 1 aromatic carbocycles. The molecular weight excluding hydrogens is 252 g/mol. The van der Waals surface area contributed by atoms with E-state index in [1.54, 1.807) is 19.2 Å². The van der Waals surface area contributed by atoms with E-state index in [0.29, 0.717) is 17.6 Å². The molecule has 1 amide bonds. The number of benzene rings is 1. The Morgan fingerprint density at radius 3 is 2.35 bits per heavy atom. The minimum atomic E-state index is -0.225. The van der Waals surface area contributed by atoms with Gasteiger partial charge in [-0.3, -0.25) is 4.79 Å². The third-order valence-electron chi connectivity index (χ3n) is 3.53. The number of aromatic nitrogens is 2. The van der Waals surface area contributed by atoms with Gasteiger partial charge in [0, 0.05) is 13.1 Å². The Kier molecular flexibility index (Phi) is 3.33. The van der Waals surface area contributed by atoms with E-state index in [0.717, 1.165) is 12.8 Å². The second-order valence-electron chi connectivity index (χ2n) is 4.90. The van der Waals surface area contributed by atoms with Crippen LogP contribution in [-0.4, -0.2) is 29.2 Å². The SMILES string of the molecule is CNC(=O)c1ccc(NC2Cc3ccccc3C2)nn1. The average Bonchev–Trinajstić information content (AvgIpc) is 2.89. The molecule has 0 saturated carbocycles. The van der Waals surface area contributed by atoms with Crippen molar-refractivity contribution in [3.63, 3.8) is 0 Å². The number of carbonyl (C=O) groups excluding carboxylic acids is 1. The molecule has 0 aliphatic heterocycles. The van der Waals surface area contributed by atoms with Gasteiger partial charge in [0.25, 0.3) is 5.91 Å². The first-order valence-corrected chi connectivity index (χ1v) is 6.65. The number of nitrogens with one attached hydrogen (secondary N) is 2. The molecule has 1 heterocycles. The lowest BCUT2D eigenvalue weighted by atomic mass is 10.1. The van der Waals surface area contributed by atoms with E-state index < -0.39 is 0 Å². The second-order valence-corrected chi connectivity index (χ2v) is 4.90. The molecule has 1 aromatic heterocycles. The molecule has 1 aliphatic rings. The van der Waals surface area contributed by atoms with Crippen LogP contribution >= 0.6 is 0 Å². The number of fused-ring (bicyclic) bond motifs is 1. The van der Waals surface area contributed by atoms with E-state index in [1.807, 2.05) is 0 Å². The lowest BCUT2D eigenvalue weighted by molar-refractivity contribution is 0.0957. The van der Waals surface area contributed by atoms with Gasteiger partial charge in [0.05, 0.1) is 0 Å². The summed E-state index contributed by atoms with van der Waals surface area (Å²) in [5, 5.41) is 13.9. The zero-order chi connectivity index (χ0) is 13.9. The number of amides is 1. The summed E-state index contributed by atoms with van der Waals surface area (Å²) in [5.41, 5.74) is 3.10. The first-order chi connectivity index (χ1) is 9.76. The molecule has 0 fully saturated rings. The molecule has 1 aliphatic carbocycles. The number of hydrogen-bond donors (Lipinski definition) is 2. The molecule has 0 spiro atoms. The van der Waals surface area contributed by atoms with E-state index in [1.165, 1.54) is 11.1 Å². The van der Waals surface area contributed by atoms with Crippen LogP contribution in [0.3, 0.4) is 0 Å². The van der Waals surface area contributed by atoms with Crippen LogP contribution in [0, 0.1) is 0 Å². The topological polar surface area (TPSA) is 66.9 Å². The van der Waals surface area contributed by atoms with Crippen molar-refractivity contribution in [2.24, 2.45) is 0 Å². The summed E-state index contributed by atoms with van der Waals surface area (Å²) < 4.78 is 0. The van der Waals surface area contributed by atoms with Gasteiger partial charge >= 0.3 is 0 Å². The van der Waals surface area contributed by atoms with Crippen LogP contribution in [0.2, 0.25) is 0 Å². The largest absolute Gasteiger partial charge is 0.365 e. The van der Waals surface area contributed by atoms with Crippen molar-refractivity contribution in [3.05, 3.63) is 53.2 Å². The van der Waals surface area contributed by atoms with Crippen LogP contribution in [0.25, 0.3) is 0 Å². The maximum absolute atomic E-state index is 11.4. The molecule has 0 atom stereocenters. The van der Waals surface area contributed by atoms with Gasteiger partial charge in [-0.1, -0.05) is 24.3 Å². The van der Waals surface area contributed by atoms with Gasteiger partial charge < -0.3 is 10.6 Å². The minimum absolute atomic E-state index is 0.225. The van der Waals surface area contributed by atoms with Crippen LogP contribution in [-0.2, 0) is 12.8 Å². The highest BCUT2D eigenvalue weighted by Gasteiger charge is 2.21. The molecule has 102 valence electrons. The van der Waals surface area contributed by atoms with E-state index in [2.05, 4.69) is 45.1 Å². The van der Waals surface area contributed by atoms with Crippen molar-refractivity contribution in [3.8, 4) is 0 Å². The Morgan fingerprint density at radius 2 is 1.80 bits per heavy atom. The highest BCUT2D eigenvalue weighted by molar-refractivity contribution is 5.91. The fourth-order valence-electron chi connectivity index (χ4n) is 2.53. The zero-order valence-corrected chi connectivity index (χ0v) is 11.3. The summed E-state index contributed by atoms with van der Waals surface area (Å²) in [5.74, 6) is 0.479. The summed E-state index contributed by atoms with van der Waals surface area (Å²) in [6.45, 7) is 0. The van der Waals surface area contributed by atoms with Gasteiger partial charge in [-0.05, 0) is 36.1 Å². The van der Waals surface area contributed by atoms with E-state index in [-0.39, 0.29) is 5.91 Å². The number of hydrogen-bond acceptors (Lipinski definition) is 4. The minimum Gasteiger partial charge on any atom is -0.365 e. The molecule has 20 heavy (non-hydrogen) atoms. The fraction of sp³-hybridized carbons (Fsp3) is 0.267. The van der Waals surface area contributed by atoms with Crippen molar-refractivity contribution in [2.45, 2.75) is 18.9 Å². The van der Waals surface area contributed by atoms with Gasteiger partial charge in [-0.25, -0.2) is 0 Å². The molecule has 5 heteroatoms. The monoisotopic (exact) mass is 268 g/mol. The zero-order valence-electron chi connectivity index (χ0n) is 11.3. The average molecular weight is 268 g/mol. The summed E-state index contributed by atoms with van der Waals surface area (Å²) in [6.07, 6.45) is 1.99.